The summed E-state index contributed by atoms with van der Waals surface area (Å²) in [5.74, 6) is 1.53. The molecule has 1 heterocycles. The molecular weight excluding hydrogens is 195 g/mol. The lowest BCUT2D eigenvalue weighted by Gasteiger charge is -2.20. The average molecular weight is 202 g/mol. The molecule has 1 aliphatic rings. The first kappa shape index (κ1) is 8.78. The Morgan fingerprint density at radius 1 is 1.46 bits per heavy atom. The van der Waals surface area contributed by atoms with Crippen LogP contribution in [0.3, 0.4) is 0 Å². The zero-order valence-electron chi connectivity index (χ0n) is 6.72. The Kier molecular flexibility index (Phi) is 2.38. The second-order valence-electron chi connectivity index (χ2n) is 2.66. The summed E-state index contributed by atoms with van der Waals surface area (Å²) in [7, 11) is 0. The molecule has 0 spiro atoms. The lowest BCUT2D eigenvalue weighted by Crippen LogP contribution is -2.14. The number of rotatable bonds is 1. The highest BCUT2D eigenvalue weighted by Crippen LogP contribution is 2.31. The third-order valence-electron chi connectivity index (χ3n) is 1.88. The van der Waals surface area contributed by atoms with Crippen molar-refractivity contribution in [3.05, 3.63) is 35.0 Å². The van der Waals surface area contributed by atoms with E-state index in [0.717, 1.165) is 0 Å². The fourth-order valence-corrected chi connectivity index (χ4v) is 1.43. The number of hydrogen-bond acceptors (Lipinski definition) is 2. The van der Waals surface area contributed by atoms with Crippen molar-refractivity contribution in [1.29, 1.82) is 0 Å². The first-order chi connectivity index (χ1) is 6.33. The highest BCUT2D eigenvalue weighted by Gasteiger charge is 2.18. The van der Waals surface area contributed by atoms with Gasteiger partial charge in [-0.2, -0.15) is 0 Å². The van der Waals surface area contributed by atoms with Gasteiger partial charge in [0.25, 0.3) is 0 Å². The van der Waals surface area contributed by atoms with Crippen LogP contribution in [0.5, 0.6) is 5.75 Å². The van der Waals surface area contributed by atoms with Crippen molar-refractivity contribution >= 4 is 11.6 Å². The van der Waals surface area contributed by atoms with Crippen molar-refractivity contribution in [2.75, 3.05) is 6.79 Å². The van der Waals surface area contributed by atoms with E-state index in [1.165, 1.54) is 11.9 Å². The molecule has 0 bridgehead atoms. The largest absolute Gasteiger partial charge is 0.467 e. The number of fused-ring (bicyclic) bond motifs is 1. The van der Waals surface area contributed by atoms with E-state index in [-0.39, 0.29) is 19.2 Å². The maximum absolute atomic E-state index is 13.2. The van der Waals surface area contributed by atoms with Crippen molar-refractivity contribution in [2.45, 2.75) is 6.61 Å². The van der Waals surface area contributed by atoms with Crippen molar-refractivity contribution in [3.8, 4) is 5.75 Å². The molecule has 1 aliphatic heterocycles. The van der Waals surface area contributed by atoms with Gasteiger partial charge in [0, 0.05) is 5.56 Å². The van der Waals surface area contributed by atoms with Crippen LogP contribution in [0.2, 0.25) is 0 Å². The first-order valence-corrected chi connectivity index (χ1v) is 4.22. The van der Waals surface area contributed by atoms with Crippen LogP contribution >= 0.6 is 11.6 Å². The van der Waals surface area contributed by atoms with E-state index in [0.29, 0.717) is 16.9 Å². The predicted octanol–water partition coefficient (Wildman–Crippen LogP) is 2.44. The maximum atomic E-state index is 13.2. The Labute approximate surface area is 80.2 Å². The lowest BCUT2D eigenvalue weighted by molar-refractivity contribution is -0.0185. The van der Waals surface area contributed by atoms with Crippen LogP contribution in [0.15, 0.2) is 12.1 Å². The third-order valence-corrected chi connectivity index (χ3v) is 2.12. The van der Waals surface area contributed by atoms with Crippen LogP contribution in [0, 0.1) is 11.7 Å². The molecule has 0 N–H and O–H groups in total. The molecule has 0 unspecified atom stereocenters. The van der Waals surface area contributed by atoms with Crippen molar-refractivity contribution in [3.63, 3.8) is 0 Å². The van der Waals surface area contributed by atoms with Crippen LogP contribution in [0.4, 0.5) is 4.39 Å². The number of ether oxygens (including phenoxy) is 2. The molecule has 1 radical (unpaired) electrons. The summed E-state index contributed by atoms with van der Waals surface area (Å²) >= 11 is 5.55. The van der Waals surface area contributed by atoms with E-state index in [9.17, 15) is 4.39 Å². The molecule has 2 nitrogen and oxygen atoms in total. The minimum absolute atomic E-state index is 0.147. The first-order valence-electron chi connectivity index (χ1n) is 3.78. The third kappa shape index (κ3) is 1.49. The van der Waals surface area contributed by atoms with E-state index in [1.54, 1.807) is 6.07 Å². The zero-order valence-corrected chi connectivity index (χ0v) is 7.47. The quantitative estimate of drug-likeness (QED) is 0.695. The smallest absolute Gasteiger partial charge is 0.189 e. The molecule has 0 saturated carbocycles. The molecule has 0 aliphatic carbocycles. The Bertz CT molecular complexity index is 328. The van der Waals surface area contributed by atoms with Crippen LogP contribution in [-0.4, -0.2) is 6.79 Å². The molecule has 1 aromatic carbocycles. The highest BCUT2D eigenvalue weighted by molar-refractivity contribution is 6.25. The molecule has 1 aromatic rings. The van der Waals surface area contributed by atoms with Gasteiger partial charge in [-0.15, -0.1) is 11.6 Å². The van der Waals surface area contributed by atoms with Gasteiger partial charge in [-0.25, -0.2) is 4.39 Å². The minimum Gasteiger partial charge on any atom is -0.467 e. The Morgan fingerprint density at radius 2 is 2.31 bits per heavy atom. The van der Waals surface area contributed by atoms with Gasteiger partial charge in [0.1, 0.15) is 11.6 Å². The molecule has 69 valence electrons. The van der Waals surface area contributed by atoms with Crippen molar-refractivity contribution in [2.24, 2.45) is 0 Å². The van der Waals surface area contributed by atoms with Gasteiger partial charge >= 0.3 is 0 Å². The summed E-state index contributed by atoms with van der Waals surface area (Å²) in [5, 5.41) is 0. The summed E-state index contributed by atoms with van der Waals surface area (Å²) in [6, 6.07) is 2.93. The van der Waals surface area contributed by atoms with E-state index >= 15 is 0 Å². The van der Waals surface area contributed by atoms with Crippen LogP contribution < -0.4 is 4.74 Å². The Morgan fingerprint density at radius 3 is 3.08 bits per heavy atom. The van der Waals surface area contributed by atoms with E-state index in [1.807, 2.05) is 0 Å². The topological polar surface area (TPSA) is 18.5 Å². The average Bonchev–Trinajstić information content (AvgIpc) is 2.19. The van der Waals surface area contributed by atoms with Crippen molar-refractivity contribution < 1.29 is 13.9 Å². The number of benzene rings is 1. The minimum atomic E-state index is -0.322. The normalized spacial score (nSPS) is 14.9. The second kappa shape index (κ2) is 3.52. The van der Waals surface area contributed by atoms with Crippen LogP contribution in [-0.2, 0) is 11.3 Å². The fraction of sp³-hybridized carbons (Fsp3) is 0.222. The summed E-state index contributed by atoms with van der Waals surface area (Å²) < 4.78 is 23.3. The summed E-state index contributed by atoms with van der Waals surface area (Å²) in [6.07, 6.45) is 0. The number of hydrogen-bond donors (Lipinski definition) is 0. The van der Waals surface area contributed by atoms with E-state index < -0.39 is 0 Å². The van der Waals surface area contributed by atoms with Gasteiger partial charge in [-0.05, 0) is 6.07 Å². The Hall–Kier alpha value is -0.800. The standard InChI is InChI=1S/C9H7ClFO2/c10-3-6-1-2-8(11)7-4-12-5-13-9(6)7/h1-3H,4-5H2. The summed E-state index contributed by atoms with van der Waals surface area (Å²) in [5.41, 5.74) is 1.11. The highest BCUT2D eigenvalue weighted by atomic mass is 35.5. The van der Waals surface area contributed by atoms with Gasteiger partial charge in [0.15, 0.2) is 6.79 Å². The summed E-state index contributed by atoms with van der Waals surface area (Å²) in [4.78, 5) is 0. The molecule has 0 saturated heterocycles. The van der Waals surface area contributed by atoms with Gasteiger partial charge in [-0.1, -0.05) is 6.07 Å². The molecule has 2 rings (SSSR count). The summed E-state index contributed by atoms with van der Waals surface area (Å²) in [6.45, 7) is 0.383. The zero-order chi connectivity index (χ0) is 9.26. The lowest BCUT2D eigenvalue weighted by atomic mass is 10.1. The van der Waals surface area contributed by atoms with Crippen LogP contribution in [0.1, 0.15) is 11.1 Å². The van der Waals surface area contributed by atoms with E-state index in [2.05, 4.69) is 0 Å². The molecule has 0 aromatic heterocycles. The van der Waals surface area contributed by atoms with Crippen LogP contribution in [0.25, 0.3) is 0 Å². The van der Waals surface area contributed by atoms with Gasteiger partial charge < -0.3 is 9.47 Å². The van der Waals surface area contributed by atoms with Gasteiger partial charge in [0.2, 0.25) is 0 Å². The van der Waals surface area contributed by atoms with E-state index in [4.69, 9.17) is 21.1 Å². The molecule has 4 heteroatoms. The molecule has 0 atom stereocenters. The fourth-order valence-electron chi connectivity index (χ4n) is 1.26. The molecule has 0 fully saturated rings. The van der Waals surface area contributed by atoms with Crippen molar-refractivity contribution in [1.82, 2.24) is 0 Å². The van der Waals surface area contributed by atoms with Gasteiger partial charge in [-0.3, -0.25) is 0 Å². The monoisotopic (exact) mass is 201 g/mol. The number of halogens is 2. The molecular formula is C9H7ClFO2. The Balaban J connectivity index is 2.52. The SMILES string of the molecule is Fc1ccc([CH]Cl)c2c1COCO2. The molecule has 0 amide bonds. The molecule has 13 heavy (non-hydrogen) atoms. The van der Waals surface area contributed by atoms with Gasteiger partial charge in [0.05, 0.1) is 18.1 Å². The predicted molar refractivity (Wildman–Crippen MR) is 45.9 cm³/mol. The maximum Gasteiger partial charge on any atom is 0.189 e. The second-order valence-corrected chi connectivity index (χ2v) is 2.88.